The van der Waals surface area contributed by atoms with E-state index in [4.69, 9.17) is 20.9 Å². The molecule has 1 aliphatic carbocycles. The molecule has 34 heavy (non-hydrogen) atoms. The summed E-state index contributed by atoms with van der Waals surface area (Å²) in [5, 5.41) is 10.7. The molecule has 1 atom stereocenters. The standard InChI is InChI=1S/C26H36N4O4/c1-26(2,3)34-25(32)30-12-5-4-7-20(30)17-13-19(29-24(28)18(17)14-27)23-21(31)8-6-9-22(23)33-15-16-10-11-16/h6,8-9,13,16,20,31H,4-5,7,10-12,14-15,27H2,1-3H3,(H2,28,29). The number of hydrogen-bond donors (Lipinski definition) is 3. The van der Waals surface area contributed by atoms with Gasteiger partial charge in [-0.15, -0.1) is 0 Å². The highest BCUT2D eigenvalue weighted by Crippen LogP contribution is 2.42. The van der Waals surface area contributed by atoms with E-state index in [-0.39, 0.29) is 24.4 Å². The summed E-state index contributed by atoms with van der Waals surface area (Å²) in [6.45, 7) is 6.97. The number of pyridine rings is 1. The Morgan fingerprint density at radius 3 is 2.68 bits per heavy atom. The molecule has 1 aliphatic heterocycles. The van der Waals surface area contributed by atoms with E-state index >= 15 is 0 Å². The average molecular weight is 469 g/mol. The number of benzene rings is 1. The Kier molecular flexibility index (Phi) is 6.89. The van der Waals surface area contributed by atoms with Crippen LogP contribution in [-0.4, -0.2) is 39.8 Å². The first-order valence-electron chi connectivity index (χ1n) is 12.1. The van der Waals surface area contributed by atoms with Crippen LogP contribution in [0.5, 0.6) is 11.5 Å². The van der Waals surface area contributed by atoms with Gasteiger partial charge in [0.05, 0.1) is 23.9 Å². The third kappa shape index (κ3) is 5.38. The van der Waals surface area contributed by atoms with E-state index in [2.05, 4.69) is 4.98 Å². The van der Waals surface area contributed by atoms with Crippen molar-refractivity contribution < 1.29 is 19.4 Å². The minimum absolute atomic E-state index is 0.0688. The molecule has 1 saturated heterocycles. The molecule has 8 heteroatoms. The second-order valence-electron chi connectivity index (χ2n) is 10.3. The number of phenols is 1. The minimum atomic E-state index is -0.595. The first-order chi connectivity index (χ1) is 16.2. The molecule has 0 spiro atoms. The van der Waals surface area contributed by atoms with E-state index < -0.39 is 5.60 Å². The molecule has 1 amide bonds. The van der Waals surface area contributed by atoms with Crippen molar-refractivity contribution in [3.05, 3.63) is 35.4 Å². The van der Waals surface area contributed by atoms with Crippen LogP contribution >= 0.6 is 0 Å². The van der Waals surface area contributed by atoms with E-state index in [0.717, 1.165) is 37.7 Å². The summed E-state index contributed by atoms with van der Waals surface area (Å²) in [7, 11) is 0. The highest BCUT2D eigenvalue weighted by atomic mass is 16.6. The molecule has 1 aromatic heterocycles. The average Bonchev–Trinajstić information content (AvgIpc) is 3.60. The summed E-state index contributed by atoms with van der Waals surface area (Å²) in [5.74, 6) is 1.49. The van der Waals surface area contributed by atoms with Gasteiger partial charge in [-0.25, -0.2) is 9.78 Å². The van der Waals surface area contributed by atoms with E-state index in [1.165, 1.54) is 0 Å². The topological polar surface area (TPSA) is 124 Å². The number of aromatic hydroxyl groups is 1. The smallest absolute Gasteiger partial charge is 0.410 e. The molecule has 1 aromatic carbocycles. The molecule has 1 saturated carbocycles. The summed E-state index contributed by atoms with van der Waals surface area (Å²) in [5.41, 5.74) is 14.4. The van der Waals surface area contributed by atoms with Crippen molar-refractivity contribution in [3.63, 3.8) is 0 Å². The molecule has 2 heterocycles. The van der Waals surface area contributed by atoms with E-state index in [9.17, 15) is 9.90 Å². The number of likely N-dealkylation sites (tertiary alicyclic amines) is 1. The molecule has 1 unspecified atom stereocenters. The van der Waals surface area contributed by atoms with E-state index in [1.807, 2.05) is 32.9 Å². The quantitative estimate of drug-likeness (QED) is 0.559. The number of phenolic OH excluding ortho intramolecular Hbond substituents is 1. The van der Waals surface area contributed by atoms with Crippen molar-refractivity contribution in [2.75, 3.05) is 18.9 Å². The van der Waals surface area contributed by atoms with Crippen molar-refractivity contribution in [1.82, 2.24) is 9.88 Å². The van der Waals surface area contributed by atoms with Crippen LogP contribution in [0.1, 0.15) is 70.0 Å². The predicted octanol–water partition coefficient (Wildman–Crippen LogP) is 4.75. The zero-order valence-electron chi connectivity index (χ0n) is 20.3. The van der Waals surface area contributed by atoms with Gasteiger partial charge >= 0.3 is 6.09 Å². The maximum absolute atomic E-state index is 13.1. The number of hydrogen-bond acceptors (Lipinski definition) is 7. The van der Waals surface area contributed by atoms with Crippen LogP contribution in [-0.2, 0) is 11.3 Å². The molecule has 8 nitrogen and oxygen atoms in total. The number of nitrogens with zero attached hydrogens (tertiary/aromatic N) is 2. The highest BCUT2D eigenvalue weighted by molar-refractivity contribution is 5.76. The molecule has 2 aromatic rings. The Morgan fingerprint density at radius 2 is 2.00 bits per heavy atom. The second kappa shape index (κ2) is 9.70. The van der Waals surface area contributed by atoms with Gasteiger partial charge in [-0.3, -0.25) is 0 Å². The fourth-order valence-electron chi connectivity index (χ4n) is 4.44. The number of carbonyl (C=O) groups excluding carboxylic acids is 1. The molecule has 2 aliphatic rings. The summed E-state index contributed by atoms with van der Waals surface area (Å²) in [6, 6.07) is 6.85. The number of rotatable bonds is 6. The van der Waals surface area contributed by atoms with Crippen LogP contribution in [0.4, 0.5) is 10.6 Å². The van der Waals surface area contributed by atoms with Crippen molar-refractivity contribution in [1.29, 1.82) is 0 Å². The van der Waals surface area contributed by atoms with Gasteiger partial charge in [0.25, 0.3) is 0 Å². The number of anilines is 1. The summed E-state index contributed by atoms with van der Waals surface area (Å²) in [6.07, 6.45) is 4.61. The highest BCUT2D eigenvalue weighted by Gasteiger charge is 2.34. The van der Waals surface area contributed by atoms with Crippen molar-refractivity contribution in [3.8, 4) is 22.8 Å². The Bertz CT molecular complexity index is 1050. The van der Waals surface area contributed by atoms with Gasteiger partial charge in [0.15, 0.2) is 0 Å². The van der Waals surface area contributed by atoms with Gasteiger partial charge < -0.3 is 30.9 Å². The van der Waals surface area contributed by atoms with Gasteiger partial charge in [-0.05, 0) is 82.6 Å². The first kappa shape index (κ1) is 24.1. The Morgan fingerprint density at radius 1 is 1.24 bits per heavy atom. The number of piperidine rings is 1. The van der Waals surface area contributed by atoms with Crippen LogP contribution in [0.15, 0.2) is 24.3 Å². The molecule has 184 valence electrons. The largest absolute Gasteiger partial charge is 0.507 e. The monoisotopic (exact) mass is 468 g/mol. The summed E-state index contributed by atoms with van der Waals surface area (Å²) in [4.78, 5) is 19.4. The summed E-state index contributed by atoms with van der Waals surface area (Å²) < 4.78 is 11.7. The van der Waals surface area contributed by atoms with Gasteiger partial charge in [-0.1, -0.05) is 6.07 Å². The Balaban J connectivity index is 1.76. The Hall–Kier alpha value is -3.00. The Labute approximate surface area is 201 Å². The number of carbonyl (C=O) groups is 1. The molecule has 4 rings (SSSR count). The van der Waals surface area contributed by atoms with E-state index in [1.54, 1.807) is 17.0 Å². The lowest BCUT2D eigenvalue weighted by Gasteiger charge is -2.38. The van der Waals surface area contributed by atoms with Gasteiger partial charge in [-0.2, -0.15) is 0 Å². The molecule has 0 radical (unpaired) electrons. The lowest BCUT2D eigenvalue weighted by molar-refractivity contribution is 0.00942. The fourth-order valence-corrected chi connectivity index (χ4v) is 4.44. The van der Waals surface area contributed by atoms with E-state index in [0.29, 0.717) is 47.5 Å². The van der Waals surface area contributed by atoms with Crippen LogP contribution in [0, 0.1) is 5.92 Å². The maximum Gasteiger partial charge on any atom is 0.410 e. The number of ether oxygens (including phenoxy) is 2. The van der Waals surface area contributed by atoms with Gasteiger partial charge in [0, 0.05) is 18.7 Å². The number of nitrogen functional groups attached to an aromatic ring is 1. The zero-order valence-corrected chi connectivity index (χ0v) is 20.3. The molecular formula is C26H36N4O4. The van der Waals surface area contributed by atoms with Gasteiger partial charge in [0.2, 0.25) is 0 Å². The third-order valence-corrected chi connectivity index (χ3v) is 6.32. The number of aromatic nitrogens is 1. The van der Waals surface area contributed by atoms with Crippen molar-refractivity contribution in [2.24, 2.45) is 11.7 Å². The lowest BCUT2D eigenvalue weighted by atomic mass is 9.91. The fraction of sp³-hybridized carbons (Fsp3) is 0.538. The number of nitrogens with two attached hydrogens (primary N) is 2. The van der Waals surface area contributed by atoms with Crippen LogP contribution in [0.2, 0.25) is 0 Å². The summed E-state index contributed by atoms with van der Waals surface area (Å²) >= 11 is 0. The molecule has 5 N–H and O–H groups in total. The lowest BCUT2D eigenvalue weighted by Crippen LogP contribution is -2.42. The molecule has 2 fully saturated rings. The maximum atomic E-state index is 13.1. The number of amides is 1. The molecule has 0 bridgehead atoms. The van der Waals surface area contributed by atoms with Crippen molar-refractivity contribution in [2.45, 2.75) is 71.1 Å². The van der Waals surface area contributed by atoms with Crippen LogP contribution in [0.25, 0.3) is 11.3 Å². The molecular weight excluding hydrogens is 432 g/mol. The first-order valence-corrected chi connectivity index (χ1v) is 12.1. The SMILES string of the molecule is CC(C)(C)OC(=O)N1CCCCC1c1cc(-c2c(O)cccc2OCC2CC2)nc(N)c1CN. The zero-order chi connectivity index (χ0) is 24.5. The second-order valence-corrected chi connectivity index (χ2v) is 10.3. The van der Waals surface area contributed by atoms with Crippen LogP contribution < -0.4 is 16.2 Å². The third-order valence-electron chi connectivity index (χ3n) is 6.32. The van der Waals surface area contributed by atoms with Gasteiger partial charge in [0.1, 0.15) is 22.9 Å². The minimum Gasteiger partial charge on any atom is -0.507 e. The van der Waals surface area contributed by atoms with Crippen LogP contribution in [0.3, 0.4) is 0 Å². The van der Waals surface area contributed by atoms with Crippen molar-refractivity contribution >= 4 is 11.9 Å². The normalized spacial score (nSPS) is 18.6. The predicted molar refractivity (Wildman–Crippen MR) is 131 cm³/mol.